The van der Waals surface area contributed by atoms with Crippen molar-refractivity contribution in [2.45, 2.75) is 19.6 Å². The Morgan fingerprint density at radius 1 is 1.40 bits per heavy atom. The van der Waals surface area contributed by atoms with Crippen molar-refractivity contribution < 1.29 is 4.74 Å². The first-order valence-electron chi connectivity index (χ1n) is 8.14. The molecule has 0 aliphatic carbocycles. The number of benzene rings is 1. The van der Waals surface area contributed by atoms with Crippen LogP contribution in [0.1, 0.15) is 23.1 Å². The number of hydrogen-bond donors (Lipinski definition) is 1. The molecule has 0 amide bonds. The summed E-state index contributed by atoms with van der Waals surface area (Å²) in [5.41, 5.74) is 2.50. The molecule has 1 aliphatic heterocycles. The second kappa shape index (κ2) is 9.14. The molecule has 2 aromatic rings. The molecule has 0 radical (unpaired) electrons. The molecule has 1 saturated heterocycles. The minimum atomic E-state index is 0. The van der Waals surface area contributed by atoms with Crippen molar-refractivity contribution in [3.8, 4) is 0 Å². The Balaban J connectivity index is 0.00000225. The maximum atomic E-state index is 5.99. The van der Waals surface area contributed by atoms with Crippen LogP contribution in [0.4, 0.5) is 0 Å². The van der Waals surface area contributed by atoms with E-state index in [1.165, 1.54) is 11.1 Å². The first kappa shape index (κ1) is 19.6. The Morgan fingerprint density at radius 2 is 2.20 bits per heavy atom. The van der Waals surface area contributed by atoms with E-state index in [4.69, 9.17) is 4.74 Å². The number of nitrogens with one attached hydrogen (secondary N) is 1. The predicted molar refractivity (Wildman–Crippen MR) is 108 cm³/mol. The number of aryl methyl sites for hydroxylation is 2. The van der Waals surface area contributed by atoms with Gasteiger partial charge in [-0.25, -0.2) is 0 Å². The van der Waals surface area contributed by atoms with Crippen molar-refractivity contribution in [1.29, 1.82) is 0 Å². The quantitative estimate of drug-likeness (QED) is 0.434. The summed E-state index contributed by atoms with van der Waals surface area (Å²) < 4.78 is 7.89. The van der Waals surface area contributed by atoms with E-state index in [2.05, 4.69) is 56.6 Å². The number of aliphatic imine (C=N–C) groups is 1. The van der Waals surface area contributed by atoms with Crippen LogP contribution in [0.2, 0.25) is 0 Å². The van der Waals surface area contributed by atoms with E-state index in [-0.39, 0.29) is 30.1 Å². The minimum Gasteiger partial charge on any atom is -0.370 e. The lowest BCUT2D eigenvalue weighted by molar-refractivity contribution is -0.00835. The number of aromatic nitrogens is 3. The van der Waals surface area contributed by atoms with Crippen LogP contribution in [-0.4, -0.2) is 52.4 Å². The molecule has 2 heterocycles. The monoisotopic (exact) mass is 456 g/mol. The highest BCUT2D eigenvalue weighted by Crippen LogP contribution is 2.24. The van der Waals surface area contributed by atoms with E-state index >= 15 is 0 Å². The predicted octanol–water partition coefficient (Wildman–Crippen LogP) is 1.89. The Labute approximate surface area is 165 Å². The molecule has 8 heteroatoms. The fraction of sp³-hybridized carbons (Fsp3) is 0.471. The first-order chi connectivity index (χ1) is 11.7. The van der Waals surface area contributed by atoms with Gasteiger partial charge in [0.2, 0.25) is 0 Å². The number of nitrogens with zero attached hydrogens (tertiary/aromatic N) is 5. The zero-order valence-corrected chi connectivity index (χ0v) is 17.2. The van der Waals surface area contributed by atoms with Crippen LogP contribution in [0.25, 0.3) is 0 Å². The smallest absolute Gasteiger partial charge is 0.194 e. The molecule has 1 fully saturated rings. The molecule has 1 aromatic carbocycles. The van der Waals surface area contributed by atoms with Gasteiger partial charge < -0.3 is 19.5 Å². The number of rotatable bonds is 3. The third-order valence-corrected chi connectivity index (χ3v) is 4.32. The van der Waals surface area contributed by atoms with Crippen molar-refractivity contribution in [2.24, 2.45) is 12.0 Å². The van der Waals surface area contributed by atoms with Crippen molar-refractivity contribution in [3.05, 3.63) is 47.5 Å². The summed E-state index contributed by atoms with van der Waals surface area (Å²) in [6.45, 7) is 5.00. The summed E-state index contributed by atoms with van der Waals surface area (Å²) in [7, 11) is 3.74. The van der Waals surface area contributed by atoms with E-state index in [1.54, 1.807) is 13.4 Å². The van der Waals surface area contributed by atoms with Gasteiger partial charge in [0.15, 0.2) is 11.8 Å². The van der Waals surface area contributed by atoms with Gasteiger partial charge in [0.05, 0.1) is 19.7 Å². The zero-order valence-electron chi connectivity index (χ0n) is 14.8. The summed E-state index contributed by atoms with van der Waals surface area (Å²) in [5, 5.41) is 11.4. The number of guanidine groups is 1. The van der Waals surface area contributed by atoms with Crippen LogP contribution in [0.3, 0.4) is 0 Å². The molecule has 3 rings (SSSR count). The van der Waals surface area contributed by atoms with Crippen LogP contribution in [0.5, 0.6) is 0 Å². The van der Waals surface area contributed by atoms with Crippen molar-refractivity contribution in [1.82, 2.24) is 25.0 Å². The van der Waals surface area contributed by atoms with E-state index in [9.17, 15) is 0 Å². The molecular weight excluding hydrogens is 431 g/mol. The Morgan fingerprint density at radius 3 is 2.88 bits per heavy atom. The van der Waals surface area contributed by atoms with E-state index in [1.807, 2.05) is 11.6 Å². The Hall–Kier alpha value is -1.68. The van der Waals surface area contributed by atoms with Gasteiger partial charge in [0.25, 0.3) is 0 Å². The number of morpholine rings is 1. The average Bonchev–Trinajstić information content (AvgIpc) is 3.01. The normalized spacial score (nSPS) is 18.0. The summed E-state index contributed by atoms with van der Waals surface area (Å²) in [5.74, 6) is 1.74. The highest BCUT2D eigenvalue weighted by molar-refractivity contribution is 14.0. The average molecular weight is 456 g/mol. The van der Waals surface area contributed by atoms with Crippen LogP contribution in [0.15, 0.2) is 35.6 Å². The van der Waals surface area contributed by atoms with Crippen molar-refractivity contribution in [2.75, 3.05) is 26.7 Å². The molecule has 0 bridgehead atoms. The topological polar surface area (TPSA) is 67.6 Å². The second-order valence-corrected chi connectivity index (χ2v) is 5.92. The largest absolute Gasteiger partial charge is 0.370 e. The maximum absolute atomic E-state index is 5.99. The van der Waals surface area contributed by atoms with Gasteiger partial charge in [-0.1, -0.05) is 24.3 Å². The summed E-state index contributed by atoms with van der Waals surface area (Å²) in [6, 6.07) is 8.38. The van der Waals surface area contributed by atoms with Crippen molar-refractivity contribution >= 4 is 29.9 Å². The SMILES string of the molecule is CN=C(NCc1nncn1C)N1CCOC(c2ccccc2C)C1.I. The molecule has 1 N–H and O–H groups in total. The molecular formula is C17H25IN6O. The summed E-state index contributed by atoms with van der Waals surface area (Å²) >= 11 is 0. The van der Waals surface area contributed by atoms with E-state index in [0.717, 1.165) is 24.9 Å². The van der Waals surface area contributed by atoms with Gasteiger partial charge in [0, 0.05) is 20.6 Å². The highest BCUT2D eigenvalue weighted by atomic mass is 127. The lowest BCUT2D eigenvalue weighted by atomic mass is 10.0. The van der Waals surface area contributed by atoms with Crippen molar-refractivity contribution in [3.63, 3.8) is 0 Å². The van der Waals surface area contributed by atoms with E-state index < -0.39 is 0 Å². The lowest BCUT2D eigenvalue weighted by Gasteiger charge is -2.35. The molecule has 7 nitrogen and oxygen atoms in total. The third-order valence-electron chi connectivity index (χ3n) is 4.32. The van der Waals surface area contributed by atoms with Crippen LogP contribution >= 0.6 is 24.0 Å². The molecule has 1 aliphatic rings. The van der Waals surface area contributed by atoms with Gasteiger partial charge in [-0.3, -0.25) is 4.99 Å². The summed E-state index contributed by atoms with van der Waals surface area (Å²) in [4.78, 5) is 6.64. The molecule has 1 atom stereocenters. The van der Waals surface area contributed by atoms with E-state index in [0.29, 0.717) is 13.2 Å². The Kier molecular flexibility index (Phi) is 7.18. The van der Waals surface area contributed by atoms with Gasteiger partial charge in [-0.15, -0.1) is 34.2 Å². The highest BCUT2D eigenvalue weighted by Gasteiger charge is 2.25. The molecule has 0 spiro atoms. The molecule has 1 unspecified atom stereocenters. The zero-order chi connectivity index (χ0) is 16.9. The van der Waals surface area contributed by atoms with Crippen LogP contribution in [0, 0.1) is 6.92 Å². The maximum Gasteiger partial charge on any atom is 0.194 e. The molecule has 0 saturated carbocycles. The fourth-order valence-electron chi connectivity index (χ4n) is 2.94. The number of ether oxygens (including phenoxy) is 1. The van der Waals surface area contributed by atoms with Gasteiger partial charge in [-0.05, 0) is 18.1 Å². The molecule has 1 aromatic heterocycles. The van der Waals surface area contributed by atoms with Gasteiger partial charge >= 0.3 is 0 Å². The second-order valence-electron chi connectivity index (χ2n) is 5.92. The van der Waals surface area contributed by atoms with Gasteiger partial charge in [-0.2, -0.15) is 0 Å². The summed E-state index contributed by atoms with van der Waals surface area (Å²) in [6.07, 6.45) is 1.76. The van der Waals surface area contributed by atoms with Crippen LogP contribution < -0.4 is 5.32 Å². The minimum absolute atomic E-state index is 0. The van der Waals surface area contributed by atoms with Gasteiger partial charge in [0.1, 0.15) is 12.4 Å². The molecule has 136 valence electrons. The lowest BCUT2D eigenvalue weighted by Crippen LogP contribution is -2.48. The Bertz CT molecular complexity index is 717. The number of halogens is 1. The first-order valence-corrected chi connectivity index (χ1v) is 8.14. The molecule has 25 heavy (non-hydrogen) atoms. The third kappa shape index (κ3) is 4.69. The standard InChI is InChI=1S/C17H24N6O.HI/c1-13-6-4-5-7-14(13)15-11-23(8-9-24-15)17(18-2)19-10-16-21-20-12-22(16)3;/h4-7,12,15H,8-11H2,1-3H3,(H,18,19);1H. The van der Waals surface area contributed by atoms with Crippen LogP contribution in [-0.2, 0) is 18.3 Å². The number of hydrogen-bond acceptors (Lipinski definition) is 4. The fourth-order valence-corrected chi connectivity index (χ4v) is 2.94.